The third-order valence-electron chi connectivity index (χ3n) is 1.62. The molecule has 0 unspecified atom stereocenters. The van der Waals surface area contributed by atoms with Crippen molar-refractivity contribution in [3.8, 4) is 0 Å². The van der Waals surface area contributed by atoms with Gasteiger partial charge in [0, 0.05) is 6.07 Å². The molecule has 98 valence electrons. The highest BCUT2D eigenvalue weighted by Gasteiger charge is 2.10. The van der Waals surface area contributed by atoms with Crippen LogP contribution in [0.1, 0.15) is 46.6 Å². The van der Waals surface area contributed by atoms with Crippen LogP contribution in [0.2, 0.25) is 5.02 Å². The first kappa shape index (κ1) is 18.3. The molecule has 0 radical (unpaired) electrons. The number of nitrogens with zero attached hydrogens (tertiary/aromatic N) is 1. The molecule has 0 heterocycles. The van der Waals surface area contributed by atoms with Gasteiger partial charge in [-0.15, -0.1) is 0 Å². The van der Waals surface area contributed by atoms with Crippen LogP contribution in [-0.4, -0.2) is 4.92 Å². The van der Waals surface area contributed by atoms with Crippen molar-refractivity contribution >= 4 is 17.3 Å². The van der Waals surface area contributed by atoms with E-state index in [0.29, 0.717) is 0 Å². The quantitative estimate of drug-likeness (QED) is 0.537. The first-order valence-electron chi connectivity index (χ1n) is 5.99. The van der Waals surface area contributed by atoms with Gasteiger partial charge in [-0.05, 0) is 18.1 Å². The maximum atomic E-state index is 10.3. The van der Waals surface area contributed by atoms with Crippen molar-refractivity contribution in [1.82, 2.24) is 0 Å². The molecular weight excluding hydrogens is 238 g/mol. The Morgan fingerprint density at radius 2 is 1.71 bits per heavy atom. The Kier molecular flexibility index (Phi) is 12.3. The molecule has 0 aliphatic rings. The van der Waals surface area contributed by atoms with Crippen molar-refractivity contribution in [2.24, 2.45) is 0 Å². The van der Waals surface area contributed by atoms with E-state index < -0.39 is 4.92 Å². The summed E-state index contributed by atoms with van der Waals surface area (Å²) in [6, 6.07) is 4.77. The molecule has 0 atom stereocenters. The molecular formula is C13H22ClNO2. The fourth-order valence-electron chi connectivity index (χ4n) is 0.918. The van der Waals surface area contributed by atoms with Crippen LogP contribution in [0.25, 0.3) is 0 Å². The average Bonchev–Trinajstić information content (AvgIpc) is 2.32. The second-order valence-corrected chi connectivity index (χ2v) is 3.51. The molecule has 0 aromatic heterocycles. The molecule has 1 aromatic rings. The van der Waals surface area contributed by atoms with Crippen LogP contribution in [0, 0.1) is 10.1 Å². The Morgan fingerprint density at radius 1 is 1.24 bits per heavy atom. The van der Waals surface area contributed by atoms with Crippen LogP contribution in [0.4, 0.5) is 5.69 Å². The SMILES string of the molecule is CC.CCC.CCc1ccc([N+](=O)[O-])c(Cl)c1. The highest BCUT2D eigenvalue weighted by Crippen LogP contribution is 2.24. The molecule has 0 bridgehead atoms. The zero-order valence-corrected chi connectivity index (χ0v) is 12.0. The van der Waals surface area contributed by atoms with E-state index in [1.54, 1.807) is 12.1 Å². The number of nitro benzene ring substituents is 1. The van der Waals surface area contributed by atoms with E-state index in [-0.39, 0.29) is 10.7 Å². The van der Waals surface area contributed by atoms with Gasteiger partial charge in [0.2, 0.25) is 0 Å². The summed E-state index contributed by atoms with van der Waals surface area (Å²) in [5.41, 5.74) is 0.972. The summed E-state index contributed by atoms with van der Waals surface area (Å²) in [7, 11) is 0. The van der Waals surface area contributed by atoms with Gasteiger partial charge < -0.3 is 0 Å². The Hall–Kier alpha value is -1.09. The molecule has 0 saturated carbocycles. The summed E-state index contributed by atoms with van der Waals surface area (Å²) in [5, 5.41) is 10.6. The molecule has 17 heavy (non-hydrogen) atoms. The minimum atomic E-state index is -0.484. The lowest BCUT2D eigenvalue weighted by atomic mass is 10.1. The summed E-state index contributed by atoms with van der Waals surface area (Å²) in [4.78, 5) is 9.86. The van der Waals surface area contributed by atoms with Gasteiger partial charge in [-0.1, -0.05) is 58.7 Å². The van der Waals surface area contributed by atoms with Gasteiger partial charge in [0.15, 0.2) is 0 Å². The van der Waals surface area contributed by atoms with E-state index in [2.05, 4.69) is 13.8 Å². The number of benzene rings is 1. The number of hydrogen-bond acceptors (Lipinski definition) is 2. The van der Waals surface area contributed by atoms with E-state index in [9.17, 15) is 10.1 Å². The van der Waals surface area contributed by atoms with Crippen LogP contribution in [0.3, 0.4) is 0 Å². The lowest BCUT2D eigenvalue weighted by Crippen LogP contribution is -1.90. The molecule has 1 aromatic carbocycles. The molecule has 0 aliphatic carbocycles. The van der Waals surface area contributed by atoms with Gasteiger partial charge in [0.1, 0.15) is 5.02 Å². The highest BCUT2D eigenvalue weighted by atomic mass is 35.5. The molecule has 0 amide bonds. The van der Waals surface area contributed by atoms with E-state index in [1.807, 2.05) is 20.8 Å². The van der Waals surface area contributed by atoms with Crippen molar-refractivity contribution < 1.29 is 4.92 Å². The molecule has 1 rings (SSSR count). The number of halogens is 1. The summed E-state index contributed by atoms with van der Waals surface area (Å²) < 4.78 is 0. The second-order valence-electron chi connectivity index (χ2n) is 3.10. The summed E-state index contributed by atoms with van der Waals surface area (Å²) >= 11 is 5.66. The summed E-state index contributed by atoms with van der Waals surface area (Å²) in [6.07, 6.45) is 2.08. The van der Waals surface area contributed by atoms with Crippen LogP contribution < -0.4 is 0 Å². The lowest BCUT2D eigenvalue weighted by Gasteiger charge is -1.97. The van der Waals surface area contributed by atoms with Crippen molar-refractivity contribution in [2.45, 2.75) is 47.5 Å². The summed E-state index contributed by atoms with van der Waals surface area (Å²) in [5.74, 6) is 0. The standard InChI is InChI=1S/C8H8ClNO2.C3H8.C2H6/c1-2-6-3-4-8(10(11)12)7(9)5-6;1-3-2;1-2/h3-5H,2H2,1H3;3H2,1-2H3;1-2H3. The molecule has 4 heteroatoms. The van der Waals surface area contributed by atoms with E-state index in [0.717, 1.165) is 12.0 Å². The van der Waals surface area contributed by atoms with Gasteiger partial charge in [-0.3, -0.25) is 10.1 Å². The Bertz CT molecular complexity index is 327. The first-order chi connectivity index (χ1) is 8.06. The smallest absolute Gasteiger partial charge is 0.258 e. The minimum Gasteiger partial charge on any atom is -0.258 e. The van der Waals surface area contributed by atoms with Gasteiger partial charge in [-0.25, -0.2) is 0 Å². The molecule has 0 spiro atoms. The molecule has 0 N–H and O–H groups in total. The highest BCUT2D eigenvalue weighted by molar-refractivity contribution is 6.32. The zero-order valence-electron chi connectivity index (χ0n) is 11.3. The maximum absolute atomic E-state index is 10.3. The van der Waals surface area contributed by atoms with Crippen LogP contribution in [0.15, 0.2) is 18.2 Å². The molecule has 3 nitrogen and oxygen atoms in total. The average molecular weight is 260 g/mol. The normalized spacial score (nSPS) is 8.35. The third kappa shape index (κ3) is 7.75. The number of aryl methyl sites for hydroxylation is 1. The van der Waals surface area contributed by atoms with Crippen molar-refractivity contribution in [1.29, 1.82) is 0 Å². The lowest BCUT2D eigenvalue weighted by molar-refractivity contribution is -0.384. The van der Waals surface area contributed by atoms with E-state index >= 15 is 0 Å². The molecule has 0 fully saturated rings. The summed E-state index contributed by atoms with van der Waals surface area (Å²) in [6.45, 7) is 10.2. The minimum absolute atomic E-state index is 0.0335. The molecule has 0 saturated heterocycles. The van der Waals surface area contributed by atoms with Crippen molar-refractivity contribution in [3.63, 3.8) is 0 Å². The monoisotopic (exact) mass is 259 g/mol. The topological polar surface area (TPSA) is 43.1 Å². The van der Waals surface area contributed by atoms with Crippen LogP contribution in [-0.2, 0) is 6.42 Å². The number of nitro groups is 1. The third-order valence-corrected chi connectivity index (χ3v) is 1.92. The first-order valence-corrected chi connectivity index (χ1v) is 6.37. The van der Waals surface area contributed by atoms with Crippen LogP contribution in [0.5, 0.6) is 0 Å². The Balaban J connectivity index is 0. The number of hydrogen-bond donors (Lipinski definition) is 0. The zero-order chi connectivity index (χ0) is 13.8. The largest absolute Gasteiger partial charge is 0.287 e. The van der Waals surface area contributed by atoms with E-state index in [1.165, 1.54) is 12.5 Å². The maximum Gasteiger partial charge on any atom is 0.287 e. The van der Waals surface area contributed by atoms with Crippen LogP contribution >= 0.6 is 11.6 Å². The fourth-order valence-corrected chi connectivity index (χ4v) is 1.19. The van der Waals surface area contributed by atoms with Gasteiger partial charge in [0.25, 0.3) is 5.69 Å². The Labute approximate surface area is 109 Å². The number of rotatable bonds is 2. The van der Waals surface area contributed by atoms with Gasteiger partial charge in [0.05, 0.1) is 4.92 Å². The van der Waals surface area contributed by atoms with Crippen molar-refractivity contribution in [2.75, 3.05) is 0 Å². The van der Waals surface area contributed by atoms with E-state index in [4.69, 9.17) is 11.6 Å². The predicted octanol–water partition coefficient (Wildman–Crippen LogP) is 5.25. The van der Waals surface area contributed by atoms with Crippen molar-refractivity contribution in [3.05, 3.63) is 38.9 Å². The predicted molar refractivity (Wildman–Crippen MR) is 74.8 cm³/mol. The molecule has 0 aliphatic heterocycles. The second kappa shape index (κ2) is 11.4. The fraction of sp³-hybridized carbons (Fsp3) is 0.538. The van der Waals surface area contributed by atoms with Gasteiger partial charge >= 0.3 is 0 Å². The van der Waals surface area contributed by atoms with Gasteiger partial charge in [-0.2, -0.15) is 0 Å². The Morgan fingerprint density at radius 3 is 2.00 bits per heavy atom.